The predicted molar refractivity (Wildman–Crippen MR) is 235 cm³/mol. The van der Waals surface area contributed by atoms with Crippen LogP contribution in [0.2, 0.25) is 0 Å². The second-order valence-corrected chi connectivity index (χ2v) is 23.6. The Kier molecular flexibility index (Phi) is 19.0. The first-order chi connectivity index (χ1) is 23.3. The van der Waals surface area contributed by atoms with Gasteiger partial charge < -0.3 is 0 Å². The third kappa shape index (κ3) is 16.9. The quantitative estimate of drug-likeness (QED) is 0.286. The summed E-state index contributed by atoms with van der Waals surface area (Å²) in [6.45, 7) is 63.9. The minimum atomic E-state index is 0.350. The van der Waals surface area contributed by atoms with Gasteiger partial charge in [-0.25, -0.2) is 0 Å². The lowest BCUT2D eigenvalue weighted by atomic mass is 9.71. The number of hydrogen-bond acceptors (Lipinski definition) is 5. The molecule has 4 heterocycles. The standard InChI is InChI=1S/C13H27N.C12H25N.C11H24N2.C11H23N/c1-11(2)13(6)7-9-14(10-8-13)12(3,4)5;1-10(2)11-6-8-13(9-7-11)12(3,4)5;1-10(2)12-6-8-13(9-7-12)11(3,4)5;1-10(2,3)9-7-12(8-9)11(4,5)6/h11H,7-10H2,1-6H3;10-11H,6-9H2,1-5H3;10H,6-9H2,1-5H3;9H,7-8H2,1-6H3. The fourth-order valence-electron chi connectivity index (χ4n) is 7.99. The van der Waals surface area contributed by atoms with Crippen molar-refractivity contribution in [1.82, 2.24) is 24.5 Å². The minimum Gasteiger partial charge on any atom is -0.298 e. The Morgan fingerprint density at radius 1 is 0.462 bits per heavy atom. The van der Waals surface area contributed by atoms with Gasteiger partial charge in [0, 0.05) is 67.5 Å². The van der Waals surface area contributed by atoms with E-state index in [9.17, 15) is 0 Å². The van der Waals surface area contributed by atoms with Crippen LogP contribution in [0, 0.1) is 34.5 Å². The molecule has 0 aromatic heterocycles. The average molecular weight is 734 g/mol. The van der Waals surface area contributed by atoms with Gasteiger partial charge in [-0.3, -0.25) is 24.5 Å². The molecule has 0 aromatic rings. The lowest BCUT2D eigenvalue weighted by Gasteiger charge is -2.52. The molecule has 0 atom stereocenters. The first-order valence-electron chi connectivity index (χ1n) is 22.0. The average Bonchev–Trinajstić information content (AvgIpc) is 2.95. The van der Waals surface area contributed by atoms with Crippen LogP contribution < -0.4 is 0 Å². The SMILES string of the molecule is CC(C)(C)C1CN(C(C)(C)C)C1.CC(C)C1(C)CCN(C(C)(C)C)CC1.CC(C)C1CCN(C(C)(C)C)CC1.CC(C)N1CCN(C(C)(C)C)CC1. The second-order valence-electron chi connectivity index (χ2n) is 23.6. The zero-order valence-electron chi connectivity index (χ0n) is 40.0. The van der Waals surface area contributed by atoms with Gasteiger partial charge in [0.05, 0.1) is 0 Å². The van der Waals surface area contributed by atoms with Gasteiger partial charge in [0.15, 0.2) is 0 Å². The molecule has 4 aliphatic rings. The molecule has 4 aliphatic heterocycles. The summed E-state index contributed by atoms with van der Waals surface area (Å²) in [5.41, 5.74) is 2.55. The Balaban J connectivity index is 0.000000347. The lowest BCUT2D eigenvalue weighted by Crippen LogP contribution is -2.59. The van der Waals surface area contributed by atoms with Crippen molar-refractivity contribution in [1.29, 1.82) is 0 Å². The minimum absolute atomic E-state index is 0.350. The summed E-state index contributed by atoms with van der Waals surface area (Å²) in [5, 5.41) is 0. The van der Waals surface area contributed by atoms with Gasteiger partial charge in [0.25, 0.3) is 0 Å². The topological polar surface area (TPSA) is 16.2 Å². The van der Waals surface area contributed by atoms with Gasteiger partial charge in [0.1, 0.15) is 0 Å². The molecule has 0 N–H and O–H groups in total. The van der Waals surface area contributed by atoms with Gasteiger partial charge in [-0.05, 0) is 183 Å². The van der Waals surface area contributed by atoms with Crippen molar-refractivity contribution in [3.05, 3.63) is 0 Å². The van der Waals surface area contributed by atoms with Crippen LogP contribution in [0.15, 0.2) is 0 Å². The number of piperidine rings is 2. The van der Waals surface area contributed by atoms with Crippen LogP contribution in [0.3, 0.4) is 0 Å². The van der Waals surface area contributed by atoms with Crippen LogP contribution in [0.1, 0.15) is 178 Å². The van der Waals surface area contributed by atoms with Crippen molar-refractivity contribution in [3.63, 3.8) is 0 Å². The lowest BCUT2D eigenvalue weighted by molar-refractivity contribution is -0.0345. The van der Waals surface area contributed by atoms with Crippen LogP contribution >= 0.6 is 0 Å². The molecule has 0 aromatic carbocycles. The summed E-state index contributed by atoms with van der Waals surface area (Å²) >= 11 is 0. The molecule has 312 valence electrons. The molecule has 5 heteroatoms. The van der Waals surface area contributed by atoms with E-state index in [-0.39, 0.29) is 0 Å². The van der Waals surface area contributed by atoms with E-state index in [0.717, 1.165) is 23.7 Å². The second kappa shape index (κ2) is 19.8. The number of rotatable bonds is 3. The summed E-state index contributed by atoms with van der Waals surface area (Å²) in [5.74, 6) is 3.57. The molecule has 4 fully saturated rings. The summed E-state index contributed by atoms with van der Waals surface area (Å²) in [4.78, 5) is 12.9. The van der Waals surface area contributed by atoms with Crippen LogP contribution in [0.5, 0.6) is 0 Å². The summed E-state index contributed by atoms with van der Waals surface area (Å²) < 4.78 is 0. The summed E-state index contributed by atoms with van der Waals surface area (Å²) in [6, 6.07) is 0.710. The van der Waals surface area contributed by atoms with Crippen molar-refractivity contribution in [2.24, 2.45) is 34.5 Å². The fourth-order valence-corrected chi connectivity index (χ4v) is 7.99. The fraction of sp³-hybridized carbons (Fsp3) is 1.00. The smallest absolute Gasteiger partial charge is 0.0126 e. The maximum absolute atomic E-state index is 2.62. The largest absolute Gasteiger partial charge is 0.298 e. The maximum Gasteiger partial charge on any atom is 0.0126 e. The molecule has 0 spiro atoms. The highest BCUT2D eigenvalue weighted by Gasteiger charge is 2.40. The van der Waals surface area contributed by atoms with E-state index in [1.54, 1.807) is 0 Å². The Hall–Kier alpha value is -0.200. The molecule has 5 nitrogen and oxygen atoms in total. The van der Waals surface area contributed by atoms with Gasteiger partial charge >= 0.3 is 0 Å². The molecule has 0 amide bonds. The zero-order chi connectivity index (χ0) is 40.7. The van der Waals surface area contributed by atoms with Crippen LogP contribution in [0.25, 0.3) is 0 Å². The van der Waals surface area contributed by atoms with Crippen LogP contribution in [-0.2, 0) is 0 Å². The highest BCUT2D eigenvalue weighted by molar-refractivity contribution is 4.93. The molecule has 52 heavy (non-hydrogen) atoms. The number of hydrogen-bond donors (Lipinski definition) is 0. The van der Waals surface area contributed by atoms with E-state index in [1.165, 1.54) is 91.1 Å². The van der Waals surface area contributed by atoms with Crippen molar-refractivity contribution < 1.29 is 0 Å². The molecule has 0 aliphatic carbocycles. The molecular weight excluding hydrogens is 635 g/mol. The number of piperazine rings is 1. The van der Waals surface area contributed by atoms with Gasteiger partial charge in [-0.1, -0.05) is 55.4 Å². The molecule has 0 radical (unpaired) electrons. The Morgan fingerprint density at radius 3 is 1.10 bits per heavy atom. The van der Waals surface area contributed by atoms with E-state index in [1.807, 2.05) is 0 Å². The molecule has 4 saturated heterocycles. The predicted octanol–water partition coefficient (Wildman–Crippen LogP) is 11.3. The van der Waals surface area contributed by atoms with E-state index in [2.05, 4.69) is 177 Å². The van der Waals surface area contributed by atoms with Crippen LogP contribution in [-0.4, -0.2) is 118 Å². The Bertz CT molecular complexity index is 894. The summed E-state index contributed by atoms with van der Waals surface area (Å²) in [6.07, 6.45) is 5.52. The number of nitrogens with zero attached hydrogens (tertiary/aromatic N) is 5. The van der Waals surface area contributed by atoms with E-state index >= 15 is 0 Å². The third-order valence-corrected chi connectivity index (χ3v) is 13.7. The highest BCUT2D eigenvalue weighted by atomic mass is 15.3. The van der Waals surface area contributed by atoms with Crippen LogP contribution in [0.4, 0.5) is 0 Å². The molecule has 4 rings (SSSR count). The first kappa shape index (κ1) is 49.8. The Labute approximate surface area is 329 Å². The van der Waals surface area contributed by atoms with Gasteiger partial charge in [0.2, 0.25) is 0 Å². The first-order valence-corrected chi connectivity index (χ1v) is 22.0. The summed E-state index contributed by atoms with van der Waals surface area (Å²) in [7, 11) is 0. The van der Waals surface area contributed by atoms with Crippen molar-refractivity contribution in [2.45, 2.75) is 206 Å². The monoisotopic (exact) mass is 734 g/mol. The molecule has 0 saturated carbocycles. The zero-order valence-corrected chi connectivity index (χ0v) is 40.0. The molecule has 0 unspecified atom stereocenters. The van der Waals surface area contributed by atoms with Crippen molar-refractivity contribution >= 4 is 0 Å². The van der Waals surface area contributed by atoms with Crippen molar-refractivity contribution in [2.75, 3.05) is 65.4 Å². The van der Waals surface area contributed by atoms with Crippen molar-refractivity contribution in [3.8, 4) is 0 Å². The molecule has 0 bridgehead atoms. The van der Waals surface area contributed by atoms with E-state index in [0.29, 0.717) is 39.0 Å². The maximum atomic E-state index is 2.62. The highest BCUT2D eigenvalue weighted by Crippen LogP contribution is 2.40. The third-order valence-electron chi connectivity index (χ3n) is 13.7. The van der Waals surface area contributed by atoms with Gasteiger partial charge in [-0.15, -0.1) is 0 Å². The Morgan fingerprint density at radius 2 is 0.808 bits per heavy atom. The van der Waals surface area contributed by atoms with E-state index in [4.69, 9.17) is 0 Å². The van der Waals surface area contributed by atoms with Gasteiger partial charge in [-0.2, -0.15) is 0 Å². The van der Waals surface area contributed by atoms with E-state index < -0.39 is 0 Å². The number of likely N-dealkylation sites (tertiary alicyclic amines) is 3. The normalized spacial score (nSPS) is 23.0. The molecular formula is C47H99N5.